The van der Waals surface area contributed by atoms with Gasteiger partial charge in [0.15, 0.2) is 6.61 Å². The van der Waals surface area contributed by atoms with Crippen molar-refractivity contribution in [3.05, 3.63) is 28.7 Å². The fourth-order valence-electron chi connectivity index (χ4n) is 2.81. The van der Waals surface area contributed by atoms with E-state index >= 15 is 0 Å². The molecule has 1 N–H and O–H groups in total. The lowest BCUT2D eigenvalue weighted by Crippen LogP contribution is -2.51. The Bertz CT molecular complexity index is 468. The number of likely N-dealkylation sites (N-methyl/N-ethyl adjacent to an activating group) is 1. The van der Waals surface area contributed by atoms with Crippen LogP contribution in [-0.2, 0) is 4.79 Å². The van der Waals surface area contributed by atoms with Crippen LogP contribution in [0.4, 0.5) is 0 Å². The third-order valence-electron chi connectivity index (χ3n) is 4.28. The van der Waals surface area contributed by atoms with Crippen molar-refractivity contribution in [2.24, 2.45) is 0 Å². The van der Waals surface area contributed by atoms with Crippen LogP contribution in [0.2, 0.25) is 0 Å². The highest BCUT2D eigenvalue weighted by molar-refractivity contribution is 9.10. The van der Waals surface area contributed by atoms with E-state index in [1.54, 1.807) is 0 Å². The maximum Gasteiger partial charge on any atom is 0.258 e. The number of benzene rings is 1. The normalized spacial score (nSPS) is 17.0. The molecule has 0 unspecified atom stereocenters. The molecule has 1 aliphatic carbocycles. The van der Waals surface area contributed by atoms with E-state index in [9.17, 15) is 4.79 Å². The number of hydrogen-bond acceptors (Lipinski definition) is 3. The van der Waals surface area contributed by atoms with E-state index in [2.05, 4.69) is 40.2 Å². The van der Waals surface area contributed by atoms with Crippen LogP contribution in [0.1, 0.15) is 25.7 Å². The van der Waals surface area contributed by atoms with Gasteiger partial charge in [0.1, 0.15) is 5.75 Å². The van der Waals surface area contributed by atoms with Gasteiger partial charge in [-0.3, -0.25) is 4.79 Å². The van der Waals surface area contributed by atoms with E-state index in [4.69, 9.17) is 4.74 Å². The fourth-order valence-corrected chi connectivity index (χ4v) is 3.07. The second kappa shape index (κ2) is 7.27. The van der Waals surface area contributed by atoms with Crippen LogP contribution in [0.15, 0.2) is 28.7 Å². The van der Waals surface area contributed by atoms with Crippen molar-refractivity contribution >= 4 is 21.8 Å². The zero-order chi connectivity index (χ0) is 15.3. The fraction of sp³-hybridized carbons (Fsp3) is 0.562. The van der Waals surface area contributed by atoms with Gasteiger partial charge >= 0.3 is 0 Å². The van der Waals surface area contributed by atoms with Crippen LogP contribution in [0, 0.1) is 0 Å². The average Bonchev–Trinajstić information content (AvgIpc) is 2.95. The summed E-state index contributed by atoms with van der Waals surface area (Å²) in [6.45, 7) is 0.758. The lowest BCUT2D eigenvalue weighted by Gasteiger charge is -2.36. The van der Waals surface area contributed by atoms with E-state index in [-0.39, 0.29) is 18.1 Å². The molecule has 0 bridgehead atoms. The van der Waals surface area contributed by atoms with Gasteiger partial charge in [0.2, 0.25) is 0 Å². The molecule has 0 heterocycles. The molecular weight excluding hydrogens is 332 g/mol. The maximum absolute atomic E-state index is 11.9. The molecule has 1 aromatic rings. The van der Waals surface area contributed by atoms with Crippen molar-refractivity contribution in [3.8, 4) is 5.75 Å². The SMILES string of the molecule is CN(C)C1(CNC(=O)COc2ccc(Br)cc2)CCCC1. The van der Waals surface area contributed by atoms with E-state index in [0.29, 0.717) is 12.3 Å². The largest absolute Gasteiger partial charge is 0.484 e. The molecule has 5 heteroatoms. The van der Waals surface area contributed by atoms with E-state index in [0.717, 1.165) is 17.3 Å². The average molecular weight is 355 g/mol. The molecule has 1 aromatic carbocycles. The number of ether oxygens (including phenoxy) is 1. The van der Waals surface area contributed by atoms with Gasteiger partial charge in [0.25, 0.3) is 5.91 Å². The number of nitrogens with zero attached hydrogens (tertiary/aromatic N) is 1. The van der Waals surface area contributed by atoms with Crippen molar-refractivity contribution in [2.45, 2.75) is 31.2 Å². The molecule has 1 saturated carbocycles. The first-order chi connectivity index (χ1) is 10.0. The summed E-state index contributed by atoms with van der Waals surface area (Å²) in [6.07, 6.45) is 4.77. The molecule has 1 fully saturated rings. The van der Waals surface area contributed by atoms with Crippen molar-refractivity contribution in [2.75, 3.05) is 27.2 Å². The summed E-state index contributed by atoms with van der Waals surface area (Å²) in [6, 6.07) is 7.48. The molecule has 4 nitrogen and oxygen atoms in total. The number of amides is 1. The number of carbonyl (C=O) groups excluding carboxylic acids is 1. The Balaban J connectivity index is 1.78. The quantitative estimate of drug-likeness (QED) is 0.853. The summed E-state index contributed by atoms with van der Waals surface area (Å²) >= 11 is 3.37. The van der Waals surface area contributed by atoms with E-state index in [1.807, 2.05) is 24.3 Å². The van der Waals surface area contributed by atoms with Gasteiger partial charge in [0.05, 0.1) is 0 Å². The molecule has 1 amide bonds. The molecule has 0 aliphatic heterocycles. The van der Waals surface area contributed by atoms with Gasteiger partial charge in [0, 0.05) is 16.6 Å². The maximum atomic E-state index is 11.9. The minimum atomic E-state index is -0.0638. The summed E-state index contributed by atoms with van der Waals surface area (Å²) < 4.78 is 6.48. The first-order valence-electron chi connectivity index (χ1n) is 7.34. The summed E-state index contributed by atoms with van der Waals surface area (Å²) in [5.41, 5.74) is 0.118. The highest BCUT2D eigenvalue weighted by atomic mass is 79.9. The lowest BCUT2D eigenvalue weighted by atomic mass is 9.96. The van der Waals surface area contributed by atoms with E-state index < -0.39 is 0 Å². The zero-order valence-corrected chi connectivity index (χ0v) is 14.3. The molecule has 0 aromatic heterocycles. The first-order valence-corrected chi connectivity index (χ1v) is 8.14. The molecule has 0 atom stereocenters. The van der Waals surface area contributed by atoms with Gasteiger partial charge in [-0.15, -0.1) is 0 Å². The first kappa shape index (κ1) is 16.3. The smallest absolute Gasteiger partial charge is 0.258 e. The Morgan fingerprint density at radius 2 is 1.90 bits per heavy atom. The molecule has 21 heavy (non-hydrogen) atoms. The van der Waals surface area contributed by atoms with Gasteiger partial charge in [-0.05, 0) is 51.2 Å². The van der Waals surface area contributed by atoms with Crippen LogP contribution in [0.5, 0.6) is 5.75 Å². The molecule has 1 aliphatic rings. The number of hydrogen-bond donors (Lipinski definition) is 1. The molecule has 116 valence electrons. The minimum Gasteiger partial charge on any atom is -0.484 e. The van der Waals surface area contributed by atoms with E-state index in [1.165, 1.54) is 12.8 Å². The highest BCUT2D eigenvalue weighted by Crippen LogP contribution is 2.33. The number of carbonyl (C=O) groups is 1. The third-order valence-corrected chi connectivity index (χ3v) is 4.81. The van der Waals surface area contributed by atoms with Crippen LogP contribution in [-0.4, -0.2) is 43.6 Å². The predicted molar refractivity (Wildman–Crippen MR) is 87.5 cm³/mol. The highest BCUT2D eigenvalue weighted by Gasteiger charge is 2.36. The minimum absolute atomic E-state index is 0.0607. The second-order valence-electron chi connectivity index (χ2n) is 5.85. The lowest BCUT2D eigenvalue weighted by molar-refractivity contribution is -0.123. The third kappa shape index (κ3) is 4.45. The summed E-state index contributed by atoms with van der Waals surface area (Å²) in [5.74, 6) is 0.641. The second-order valence-corrected chi connectivity index (χ2v) is 6.76. The number of rotatable bonds is 6. The van der Waals surface area contributed by atoms with Gasteiger partial charge in [-0.1, -0.05) is 28.8 Å². The molecule has 2 rings (SSSR count). The van der Waals surface area contributed by atoms with Crippen molar-refractivity contribution in [3.63, 3.8) is 0 Å². The monoisotopic (exact) mass is 354 g/mol. The molecule has 0 saturated heterocycles. The summed E-state index contributed by atoms with van der Waals surface area (Å²) in [5, 5.41) is 3.01. The summed E-state index contributed by atoms with van der Waals surface area (Å²) in [4.78, 5) is 14.2. The predicted octanol–water partition coefficient (Wildman–Crippen LogP) is 2.82. The van der Waals surface area contributed by atoms with Crippen molar-refractivity contribution in [1.29, 1.82) is 0 Å². The molecular formula is C16H23BrN2O2. The Kier molecular flexibility index (Phi) is 5.65. The van der Waals surface area contributed by atoms with Crippen LogP contribution in [0.25, 0.3) is 0 Å². The number of halogens is 1. The van der Waals surface area contributed by atoms with Crippen LogP contribution in [0.3, 0.4) is 0 Å². The Morgan fingerprint density at radius 1 is 1.29 bits per heavy atom. The van der Waals surface area contributed by atoms with Crippen molar-refractivity contribution in [1.82, 2.24) is 10.2 Å². The van der Waals surface area contributed by atoms with Gasteiger partial charge < -0.3 is 15.0 Å². The zero-order valence-electron chi connectivity index (χ0n) is 12.7. The Hall–Kier alpha value is -1.07. The molecule has 0 spiro atoms. The Labute approximate surface area is 135 Å². The van der Waals surface area contributed by atoms with Crippen LogP contribution < -0.4 is 10.1 Å². The molecule has 0 radical (unpaired) electrons. The standard InChI is InChI=1S/C16H23BrN2O2/c1-19(2)16(9-3-4-10-16)12-18-15(20)11-21-14-7-5-13(17)6-8-14/h5-8H,3-4,9-12H2,1-2H3,(H,18,20). The van der Waals surface area contributed by atoms with Gasteiger partial charge in [-0.2, -0.15) is 0 Å². The van der Waals surface area contributed by atoms with Crippen molar-refractivity contribution < 1.29 is 9.53 Å². The number of nitrogens with one attached hydrogen (secondary N) is 1. The topological polar surface area (TPSA) is 41.6 Å². The van der Waals surface area contributed by atoms with Gasteiger partial charge in [-0.25, -0.2) is 0 Å². The Morgan fingerprint density at radius 3 is 2.48 bits per heavy atom. The van der Waals surface area contributed by atoms with Crippen LogP contribution >= 0.6 is 15.9 Å². The summed E-state index contributed by atoms with van der Waals surface area (Å²) in [7, 11) is 4.19.